The first kappa shape index (κ1) is 20.9. The second-order valence-corrected chi connectivity index (χ2v) is 9.96. The van der Waals surface area contributed by atoms with Gasteiger partial charge in [0.25, 0.3) is 11.8 Å². The number of halogens is 5. The average Bonchev–Trinajstić information content (AvgIpc) is 2.64. The Balaban J connectivity index is 1.42. The van der Waals surface area contributed by atoms with Gasteiger partial charge in [-0.1, -0.05) is 0 Å². The lowest BCUT2D eigenvalue weighted by Crippen LogP contribution is -2.55. The third-order valence-corrected chi connectivity index (χ3v) is 7.38. The number of likely N-dealkylation sites (tertiary alicyclic amines) is 1. The van der Waals surface area contributed by atoms with E-state index in [-0.39, 0.29) is 30.9 Å². The number of nitrogens with one attached hydrogen (secondary N) is 1. The maximum absolute atomic E-state index is 13.8. The molecule has 5 nitrogen and oxygen atoms in total. The fourth-order valence-corrected chi connectivity index (χ4v) is 6.63. The van der Waals surface area contributed by atoms with Crippen LogP contribution in [-0.4, -0.2) is 45.3 Å². The van der Waals surface area contributed by atoms with Gasteiger partial charge in [-0.3, -0.25) is 4.79 Å². The van der Waals surface area contributed by atoms with E-state index >= 15 is 0 Å². The molecular formula is C21H25F5N4O. The summed E-state index contributed by atoms with van der Waals surface area (Å²) in [6, 6.07) is 0. The number of alkyl halides is 5. The van der Waals surface area contributed by atoms with Crippen LogP contribution in [0.2, 0.25) is 0 Å². The van der Waals surface area contributed by atoms with Gasteiger partial charge in [-0.25, -0.2) is 18.7 Å². The Morgan fingerprint density at radius 2 is 1.71 bits per heavy atom. The van der Waals surface area contributed by atoms with Gasteiger partial charge in [0.2, 0.25) is 5.95 Å². The van der Waals surface area contributed by atoms with Crippen molar-refractivity contribution < 1.29 is 26.7 Å². The molecule has 0 aromatic carbocycles. The molecule has 0 spiro atoms. The van der Waals surface area contributed by atoms with E-state index in [2.05, 4.69) is 15.3 Å². The van der Waals surface area contributed by atoms with Crippen molar-refractivity contribution in [3.05, 3.63) is 17.5 Å². The zero-order chi connectivity index (χ0) is 22.0. The van der Waals surface area contributed by atoms with Crippen molar-refractivity contribution in [2.75, 3.05) is 18.4 Å². The number of nitrogens with zero attached hydrogens (tertiary/aromatic N) is 3. The summed E-state index contributed by atoms with van der Waals surface area (Å²) in [5, 5.41) is 3.19. The molecule has 5 fully saturated rings. The van der Waals surface area contributed by atoms with E-state index in [1.807, 2.05) is 0 Å². The molecule has 1 aromatic rings. The van der Waals surface area contributed by atoms with Gasteiger partial charge < -0.3 is 10.2 Å². The average molecular weight is 444 g/mol. The van der Waals surface area contributed by atoms with Crippen LogP contribution in [0.15, 0.2) is 6.20 Å². The number of carbonyl (C=O) groups excluding carboxylic acids is 1. The molecule has 10 heteroatoms. The minimum absolute atomic E-state index is 0.0149. The highest BCUT2D eigenvalue weighted by Crippen LogP contribution is 2.56. The molecule has 31 heavy (non-hydrogen) atoms. The highest BCUT2D eigenvalue weighted by atomic mass is 19.4. The Morgan fingerprint density at radius 3 is 2.26 bits per heavy atom. The Morgan fingerprint density at radius 1 is 1.10 bits per heavy atom. The summed E-state index contributed by atoms with van der Waals surface area (Å²) in [6.07, 6.45) is 1.84. The monoisotopic (exact) mass is 444 g/mol. The summed E-state index contributed by atoms with van der Waals surface area (Å²) in [4.78, 5) is 21.2. The van der Waals surface area contributed by atoms with Gasteiger partial charge in [0.15, 0.2) is 5.69 Å². The maximum Gasteiger partial charge on any atom is 0.434 e. The Kier molecular flexibility index (Phi) is 4.71. The zero-order valence-corrected chi connectivity index (χ0v) is 17.0. The largest absolute Gasteiger partial charge is 0.434 e. The highest BCUT2D eigenvalue weighted by molar-refractivity contribution is 5.95. The summed E-state index contributed by atoms with van der Waals surface area (Å²) in [5.74, 6) is -2.59. The van der Waals surface area contributed by atoms with Crippen molar-refractivity contribution in [3.8, 4) is 0 Å². The maximum atomic E-state index is 13.8. The van der Waals surface area contributed by atoms with Crippen LogP contribution in [0.4, 0.5) is 27.9 Å². The van der Waals surface area contributed by atoms with Crippen molar-refractivity contribution in [2.45, 2.75) is 69.0 Å². The lowest BCUT2D eigenvalue weighted by Gasteiger charge is -2.56. The highest BCUT2D eigenvalue weighted by Gasteiger charge is 2.51. The fraction of sp³-hybridized carbons (Fsp3) is 0.762. The van der Waals surface area contributed by atoms with Crippen molar-refractivity contribution in [1.29, 1.82) is 0 Å². The van der Waals surface area contributed by atoms with Gasteiger partial charge in [-0.2, -0.15) is 13.2 Å². The van der Waals surface area contributed by atoms with Crippen LogP contribution < -0.4 is 5.32 Å². The summed E-state index contributed by atoms with van der Waals surface area (Å²) in [7, 11) is 0. The second-order valence-electron chi connectivity index (χ2n) is 9.96. The third-order valence-electron chi connectivity index (χ3n) is 7.38. The van der Waals surface area contributed by atoms with E-state index in [9.17, 15) is 26.7 Å². The second kappa shape index (κ2) is 7.00. The Hall–Kier alpha value is -2.00. The number of amides is 1. The lowest BCUT2D eigenvalue weighted by atomic mass is 9.53. The number of rotatable bonds is 3. The Bertz CT molecular complexity index is 852. The fourth-order valence-electron chi connectivity index (χ4n) is 6.63. The summed E-state index contributed by atoms with van der Waals surface area (Å²) in [6.45, 7) is -0.907. The van der Waals surface area contributed by atoms with Gasteiger partial charge in [-0.15, -0.1) is 0 Å². The van der Waals surface area contributed by atoms with Crippen molar-refractivity contribution in [3.63, 3.8) is 0 Å². The molecule has 4 bridgehead atoms. The van der Waals surface area contributed by atoms with E-state index < -0.39 is 35.8 Å². The van der Waals surface area contributed by atoms with Gasteiger partial charge >= 0.3 is 6.18 Å². The van der Waals surface area contributed by atoms with E-state index in [4.69, 9.17) is 0 Å². The lowest BCUT2D eigenvalue weighted by molar-refractivity contribution is -0.141. The van der Waals surface area contributed by atoms with Crippen LogP contribution in [0, 0.1) is 17.8 Å². The molecule has 0 radical (unpaired) electrons. The molecule has 1 N–H and O–H groups in total. The van der Waals surface area contributed by atoms with E-state index in [0.717, 1.165) is 30.4 Å². The van der Waals surface area contributed by atoms with E-state index in [1.54, 1.807) is 0 Å². The smallest absolute Gasteiger partial charge is 0.349 e. The number of anilines is 1. The first-order valence-corrected chi connectivity index (χ1v) is 10.9. The minimum Gasteiger partial charge on any atom is -0.349 e. The number of hydrogen-bond donors (Lipinski definition) is 1. The molecule has 1 aromatic heterocycles. The SMILES string of the molecule is O=C(c1cnc(NC23CC4CC(CC(C4)C2)C3)nc1C(F)(F)F)N1CCCC(F)(F)C1. The molecule has 0 atom stereocenters. The molecule has 4 saturated carbocycles. The molecule has 2 heterocycles. The van der Waals surface area contributed by atoms with Crippen LogP contribution in [0.25, 0.3) is 0 Å². The standard InChI is InChI=1S/C21H25F5N4O/c22-20(23)2-1-3-30(11-20)17(31)15-10-27-18(28-16(15)21(24,25)26)29-19-7-12-4-13(8-19)6-14(5-12)9-19/h10,12-14H,1-9,11H2,(H,27,28,29). The summed E-state index contributed by atoms with van der Waals surface area (Å²) >= 11 is 0. The number of aromatic nitrogens is 2. The van der Waals surface area contributed by atoms with Gasteiger partial charge in [0.1, 0.15) is 0 Å². The molecule has 1 amide bonds. The summed E-state index contributed by atoms with van der Waals surface area (Å²) in [5.41, 5.74) is -2.44. The van der Waals surface area contributed by atoms with Gasteiger partial charge in [0.05, 0.1) is 12.1 Å². The third kappa shape index (κ3) is 3.98. The zero-order valence-electron chi connectivity index (χ0n) is 17.0. The summed E-state index contributed by atoms with van der Waals surface area (Å²) < 4.78 is 68.7. The first-order chi connectivity index (χ1) is 14.5. The molecular weight excluding hydrogens is 419 g/mol. The predicted molar refractivity (Wildman–Crippen MR) is 102 cm³/mol. The normalized spacial score (nSPS) is 34.1. The molecule has 170 valence electrons. The topological polar surface area (TPSA) is 58.1 Å². The van der Waals surface area contributed by atoms with Crippen LogP contribution in [0.3, 0.4) is 0 Å². The van der Waals surface area contributed by atoms with E-state index in [1.165, 1.54) is 19.3 Å². The van der Waals surface area contributed by atoms with Crippen molar-refractivity contribution in [2.24, 2.45) is 17.8 Å². The van der Waals surface area contributed by atoms with Crippen molar-refractivity contribution in [1.82, 2.24) is 14.9 Å². The number of piperidine rings is 1. The van der Waals surface area contributed by atoms with Crippen molar-refractivity contribution >= 4 is 11.9 Å². The molecule has 1 saturated heterocycles. The molecule has 4 aliphatic carbocycles. The molecule has 5 aliphatic rings. The van der Waals surface area contributed by atoms with Crippen LogP contribution in [-0.2, 0) is 6.18 Å². The van der Waals surface area contributed by atoms with Gasteiger partial charge in [-0.05, 0) is 62.7 Å². The first-order valence-electron chi connectivity index (χ1n) is 10.9. The van der Waals surface area contributed by atoms with Crippen LogP contribution in [0.5, 0.6) is 0 Å². The Labute approximate surface area is 176 Å². The number of carbonyl (C=O) groups is 1. The minimum atomic E-state index is -4.90. The molecule has 6 rings (SSSR count). The molecule has 1 aliphatic heterocycles. The van der Waals surface area contributed by atoms with E-state index in [0.29, 0.717) is 17.8 Å². The quantitative estimate of drug-likeness (QED) is 0.684. The van der Waals surface area contributed by atoms with Gasteiger partial charge in [0, 0.05) is 24.7 Å². The van der Waals surface area contributed by atoms with Crippen LogP contribution >= 0.6 is 0 Å². The predicted octanol–water partition coefficient (Wildman–Crippen LogP) is 4.75. The van der Waals surface area contributed by atoms with Crippen LogP contribution in [0.1, 0.15) is 67.4 Å². The number of hydrogen-bond acceptors (Lipinski definition) is 4. The molecule has 0 unspecified atom stereocenters.